The lowest BCUT2D eigenvalue weighted by Gasteiger charge is -2.20. The van der Waals surface area contributed by atoms with Gasteiger partial charge in [0.05, 0.1) is 11.4 Å². The number of primary amides is 1. The van der Waals surface area contributed by atoms with Gasteiger partial charge in [-0.3, -0.25) is 4.90 Å². The summed E-state index contributed by atoms with van der Waals surface area (Å²) < 4.78 is 0. The Labute approximate surface area is 104 Å². The lowest BCUT2D eigenvalue weighted by Crippen LogP contribution is -2.31. The summed E-state index contributed by atoms with van der Waals surface area (Å²) in [5, 5.41) is 0.232. The van der Waals surface area contributed by atoms with Gasteiger partial charge in [-0.05, 0) is 24.3 Å². The minimum Gasteiger partial charge on any atom is -0.351 e. The largest absolute Gasteiger partial charge is 0.351 e. The van der Waals surface area contributed by atoms with E-state index in [1.54, 1.807) is 30.5 Å². The summed E-state index contributed by atoms with van der Waals surface area (Å²) in [4.78, 5) is 16.8. The molecule has 2 rings (SSSR count). The van der Waals surface area contributed by atoms with Crippen molar-refractivity contribution in [2.24, 2.45) is 5.73 Å². The highest BCUT2D eigenvalue weighted by atomic mass is 35.5. The molecule has 1 aromatic heterocycles. The number of carbonyl (C=O) groups excluding carboxylic acids is 1. The van der Waals surface area contributed by atoms with Crippen LogP contribution < -0.4 is 10.6 Å². The number of benzene rings is 1. The van der Waals surface area contributed by atoms with Gasteiger partial charge in [-0.15, -0.1) is 0 Å². The van der Waals surface area contributed by atoms with E-state index in [1.165, 1.54) is 4.90 Å². The molecule has 0 unspecified atom stereocenters. The summed E-state index contributed by atoms with van der Waals surface area (Å²) in [6.07, 6.45) is 1.55. The number of hydrogen-bond acceptors (Lipinski definition) is 2. The van der Waals surface area contributed by atoms with E-state index in [4.69, 9.17) is 17.3 Å². The molecule has 1 aromatic carbocycles. The topological polar surface area (TPSA) is 59.2 Å². The maximum atomic E-state index is 11.5. The Morgan fingerprint density at radius 2 is 1.88 bits per heavy atom. The lowest BCUT2D eigenvalue weighted by atomic mass is 10.2. The summed E-state index contributed by atoms with van der Waals surface area (Å²) in [5.74, 6) is 0. The maximum Gasteiger partial charge on any atom is 0.323 e. The molecule has 0 saturated heterocycles. The molecule has 0 aliphatic carbocycles. The number of para-hydroxylation sites is 1. The molecular weight excluding hydrogens is 238 g/mol. The first-order valence-electron chi connectivity index (χ1n) is 4.95. The Bertz CT molecular complexity index is 530. The van der Waals surface area contributed by atoms with E-state index < -0.39 is 6.03 Å². The third-order valence-corrected chi connectivity index (χ3v) is 2.51. The minimum atomic E-state index is -0.605. The SMILES string of the molecule is NC(=O)N(c1ccccc1)c1cccnc1Cl. The van der Waals surface area contributed by atoms with Crippen molar-refractivity contribution in [1.29, 1.82) is 0 Å². The fraction of sp³-hybridized carbons (Fsp3) is 0. The molecule has 5 heteroatoms. The van der Waals surface area contributed by atoms with Crippen LogP contribution in [0.25, 0.3) is 0 Å². The van der Waals surface area contributed by atoms with Gasteiger partial charge >= 0.3 is 6.03 Å². The van der Waals surface area contributed by atoms with Crippen LogP contribution in [0.3, 0.4) is 0 Å². The number of amides is 2. The van der Waals surface area contributed by atoms with Crippen molar-refractivity contribution in [2.75, 3.05) is 4.90 Å². The van der Waals surface area contributed by atoms with E-state index in [2.05, 4.69) is 4.98 Å². The van der Waals surface area contributed by atoms with E-state index >= 15 is 0 Å². The number of urea groups is 1. The maximum absolute atomic E-state index is 11.5. The normalized spacial score (nSPS) is 9.94. The quantitative estimate of drug-likeness (QED) is 0.830. The average molecular weight is 248 g/mol. The summed E-state index contributed by atoms with van der Waals surface area (Å²) in [7, 11) is 0. The molecule has 86 valence electrons. The molecule has 0 fully saturated rings. The molecule has 4 nitrogen and oxygen atoms in total. The van der Waals surface area contributed by atoms with Crippen LogP contribution in [0.1, 0.15) is 0 Å². The highest BCUT2D eigenvalue weighted by molar-refractivity contribution is 6.32. The van der Waals surface area contributed by atoms with Crippen LogP contribution in [0.5, 0.6) is 0 Å². The minimum absolute atomic E-state index is 0.232. The van der Waals surface area contributed by atoms with E-state index in [9.17, 15) is 4.79 Å². The predicted molar refractivity (Wildman–Crippen MR) is 67.4 cm³/mol. The number of nitrogens with zero attached hydrogens (tertiary/aromatic N) is 2. The molecule has 0 saturated carbocycles. The van der Waals surface area contributed by atoms with E-state index in [0.29, 0.717) is 11.4 Å². The van der Waals surface area contributed by atoms with Crippen LogP contribution in [-0.4, -0.2) is 11.0 Å². The highest BCUT2D eigenvalue weighted by Gasteiger charge is 2.17. The molecule has 0 atom stereocenters. The van der Waals surface area contributed by atoms with Gasteiger partial charge in [-0.1, -0.05) is 29.8 Å². The molecule has 0 aliphatic rings. The van der Waals surface area contributed by atoms with Gasteiger partial charge in [0.15, 0.2) is 5.15 Å². The van der Waals surface area contributed by atoms with Crippen molar-refractivity contribution in [2.45, 2.75) is 0 Å². The molecule has 17 heavy (non-hydrogen) atoms. The molecule has 2 aromatic rings. The van der Waals surface area contributed by atoms with Crippen molar-refractivity contribution >= 4 is 29.0 Å². The number of anilines is 2. The molecule has 0 spiro atoms. The number of aromatic nitrogens is 1. The number of halogens is 1. The summed E-state index contributed by atoms with van der Waals surface area (Å²) in [6.45, 7) is 0. The van der Waals surface area contributed by atoms with Crippen molar-refractivity contribution in [3.8, 4) is 0 Å². The zero-order valence-electron chi connectivity index (χ0n) is 8.88. The van der Waals surface area contributed by atoms with Gasteiger partial charge in [0.1, 0.15) is 0 Å². The average Bonchev–Trinajstić information content (AvgIpc) is 2.33. The Hall–Kier alpha value is -2.07. The fourth-order valence-electron chi connectivity index (χ4n) is 1.51. The Morgan fingerprint density at radius 1 is 1.18 bits per heavy atom. The second-order valence-electron chi connectivity index (χ2n) is 3.32. The lowest BCUT2D eigenvalue weighted by molar-refractivity contribution is 0.256. The Kier molecular flexibility index (Phi) is 3.25. The predicted octanol–water partition coefficient (Wildman–Crippen LogP) is 2.95. The van der Waals surface area contributed by atoms with Crippen LogP contribution in [-0.2, 0) is 0 Å². The van der Waals surface area contributed by atoms with Gasteiger partial charge in [0, 0.05) is 6.20 Å². The van der Waals surface area contributed by atoms with E-state index in [-0.39, 0.29) is 5.15 Å². The molecule has 0 radical (unpaired) electrons. The second kappa shape index (κ2) is 4.84. The molecule has 1 heterocycles. The van der Waals surface area contributed by atoms with Gasteiger partial charge < -0.3 is 5.73 Å². The zero-order valence-corrected chi connectivity index (χ0v) is 9.63. The van der Waals surface area contributed by atoms with Crippen LogP contribution >= 0.6 is 11.6 Å². The second-order valence-corrected chi connectivity index (χ2v) is 3.68. The first-order valence-corrected chi connectivity index (χ1v) is 5.33. The summed E-state index contributed by atoms with van der Waals surface area (Å²) in [6, 6.07) is 11.8. The number of pyridine rings is 1. The monoisotopic (exact) mass is 247 g/mol. The first kappa shape index (κ1) is 11.4. The van der Waals surface area contributed by atoms with Crippen molar-refractivity contribution < 1.29 is 4.79 Å². The standard InChI is InChI=1S/C12H10ClN3O/c13-11-10(7-4-8-15-11)16(12(14)17)9-5-2-1-3-6-9/h1-8H,(H2,14,17). The first-order chi connectivity index (χ1) is 8.20. The number of carbonyl (C=O) groups is 1. The summed E-state index contributed by atoms with van der Waals surface area (Å²) >= 11 is 5.95. The smallest absolute Gasteiger partial charge is 0.323 e. The van der Waals surface area contributed by atoms with Crippen LogP contribution in [0.15, 0.2) is 48.7 Å². The van der Waals surface area contributed by atoms with E-state index in [0.717, 1.165) is 0 Å². The molecule has 0 aliphatic heterocycles. The van der Waals surface area contributed by atoms with Crippen LogP contribution in [0.2, 0.25) is 5.15 Å². The highest BCUT2D eigenvalue weighted by Crippen LogP contribution is 2.29. The van der Waals surface area contributed by atoms with Gasteiger partial charge in [-0.2, -0.15) is 0 Å². The summed E-state index contributed by atoms with van der Waals surface area (Å²) in [5.41, 5.74) is 6.48. The van der Waals surface area contributed by atoms with E-state index in [1.807, 2.05) is 18.2 Å². The third kappa shape index (κ3) is 2.37. The fourth-order valence-corrected chi connectivity index (χ4v) is 1.71. The molecule has 2 amide bonds. The molecule has 0 bridgehead atoms. The molecular formula is C12H10ClN3O. The van der Waals surface area contributed by atoms with Gasteiger partial charge in [0.2, 0.25) is 0 Å². The van der Waals surface area contributed by atoms with Crippen molar-refractivity contribution in [3.05, 3.63) is 53.8 Å². The Morgan fingerprint density at radius 3 is 2.47 bits per heavy atom. The number of nitrogens with two attached hydrogens (primary N) is 1. The van der Waals surface area contributed by atoms with Gasteiger partial charge in [-0.25, -0.2) is 9.78 Å². The van der Waals surface area contributed by atoms with Gasteiger partial charge in [0.25, 0.3) is 0 Å². The molecule has 2 N–H and O–H groups in total. The van der Waals surface area contributed by atoms with Crippen molar-refractivity contribution in [3.63, 3.8) is 0 Å². The van der Waals surface area contributed by atoms with Crippen LogP contribution in [0, 0.1) is 0 Å². The Balaban J connectivity index is 2.51. The number of rotatable bonds is 2. The number of hydrogen-bond donors (Lipinski definition) is 1. The third-order valence-electron chi connectivity index (χ3n) is 2.22. The van der Waals surface area contributed by atoms with Crippen molar-refractivity contribution in [1.82, 2.24) is 4.98 Å². The zero-order chi connectivity index (χ0) is 12.3. The van der Waals surface area contributed by atoms with Crippen LogP contribution in [0.4, 0.5) is 16.2 Å².